The Kier molecular flexibility index (Phi) is 4.35. The Balaban J connectivity index is 1.62. The van der Waals surface area contributed by atoms with Crippen LogP contribution in [0.2, 0.25) is 0 Å². The molecule has 0 aliphatic carbocycles. The summed E-state index contributed by atoms with van der Waals surface area (Å²) < 4.78 is 1.67. The molecule has 0 atom stereocenters. The van der Waals surface area contributed by atoms with E-state index in [1.807, 2.05) is 30.3 Å². The number of aromatic nitrogens is 3. The zero-order valence-electron chi connectivity index (χ0n) is 14.3. The molecule has 3 aromatic heterocycles. The zero-order valence-corrected chi connectivity index (χ0v) is 14.3. The van der Waals surface area contributed by atoms with Gasteiger partial charge in [-0.1, -0.05) is 12.1 Å². The molecular formula is C19H19N5O2. The maximum Gasteiger partial charge on any atom is 0.287 e. The van der Waals surface area contributed by atoms with Crippen molar-refractivity contribution < 1.29 is 9.59 Å². The molecule has 3 aromatic rings. The van der Waals surface area contributed by atoms with E-state index in [-0.39, 0.29) is 17.6 Å². The Morgan fingerprint density at radius 3 is 2.73 bits per heavy atom. The Labute approximate surface area is 150 Å². The molecule has 1 N–H and O–H groups in total. The average Bonchev–Trinajstić information content (AvgIpc) is 3.35. The minimum Gasteiger partial charge on any atom is -0.345 e. The third-order valence-corrected chi connectivity index (χ3v) is 4.52. The van der Waals surface area contributed by atoms with Crippen LogP contribution in [0.15, 0.2) is 48.9 Å². The molecule has 1 fully saturated rings. The van der Waals surface area contributed by atoms with Gasteiger partial charge in [-0.2, -0.15) is 0 Å². The van der Waals surface area contributed by atoms with Crippen molar-refractivity contribution in [2.24, 2.45) is 0 Å². The van der Waals surface area contributed by atoms with Gasteiger partial charge in [0.05, 0.1) is 5.52 Å². The number of imidazole rings is 1. The average molecular weight is 349 g/mol. The third kappa shape index (κ3) is 3.03. The second-order valence-corrected chi connectivity index (χ2v) is 6.28. The number of hydrogen-bond donors (Lipinski definition) is 1. The molecule has 7 nitrogen and oxygen atoms in total. The van der Waals surface area contributed by atoms with Crippen LogP contribution in [0.5, 0.6) is 0 Å². The highest BCUT2D eigenvalue weighted by Gasteiger charge is 2.26. The van der Waals surface area contributed by atoms with E-state index in [0.29, 0.717) is 17.8 Å². The largest absolute Gasteiger partial charge is 0.345 e. The number of pyridine rings is 2. The van der Waals surface area contributed by atoms with E-state index in [0.717, 1.165) is 31.5 Å². The van der Waals surface area contributed by atoms with Gasteiger partial charge in [0.15, 0.2) is 5.69 Å². The number of amides is 2. The smallest absolute Gasteiger partial charge is 0.287 e. The first kappa shape index (κ1) is 16.3. The summed E-state index contributed by atoms with van der Waals surface area (Å²) in [4.78, 5) is 35.7. The first-order chi connectivity index (χ1) is 12.7. The van der Waals surface area contributed by atoms with Crippen molar-refractivity contribution in [1.82, 2.24) is 24.6 Å². The minimum atomic E-state index is -0.324. The fourth-order valence-corrected chi connectivity index (χ4v) is 3.19. The van der Waals surface area contributed by atoms with Crippen LogP contribution in [0.25, 0.3) is 5.52 Å². The highest BCUT2D eigenvalue weighted by atomic mass is 16.2. The van der Waals surface area contributed by atoms with Gasteiger partial charge in [0.1, 0.15) is 0 Å². The fraction of sp³-hybridized carbons (Fsp3) is 0.263. The SMILES string of the molecule is O=C(NCc1cccnc1)c1nc(C(=O)N2CCCC2)c2ccccn12. The molecule has 0 radical (unpaired) electrons. The first-order valence-electron chi connectivity index (χ1n) is 8.67. The van der Waals surface area contributed by atoms with Gasteiger partial charge in [-0.15, -0.1) is 0 Å². The van der Waals surface area contributed by atoms with Gasteiger partial charge in [0.25, 0.3) is 11.8 Å². The maximum absolute atomic E-state index is 12.8. The highest BCUT2D eigenvalue weighted by molar-refractivity contribution is 6.02. The lowest BCUT2D eigenvalue weighted by molar-refractivity contribution is 0.0789. The van der Waals surface area contributed by atoms with E-state index in [9.17, 15) is 9.59 Å². The topological polar surface area (TPSA) is 79.6 Å². The van der Waals surface area contributed by atoms with Gasteiger partial charge in [-0.3, -0.25) is 19.0 Å². The van der Waals surface area contributed by atoms with Crippen LogP contribution in [-0.2, 0) is 6.54 Å². The van der Waals surface area contributed by atoms with Gasteiger partial charge >= 0.3 is 0 Å². The summed E-state index contributed by atoms with van der Waals surface area (Å²) in [7, 11) is 0. The summed E-state index contributed by atoms with van der Waals surface area (Å²) in [5, 5.41) is 2.84. The van der Waals surface area contributed by atoms with Crippen LogP contribution in [0.3, 0.4) is 0 Å². The molecule has 1 aliphatic heterocycles. The standard InChI is InChI=1S/C19H19N5O2/c25-18(21-13-14-6-5-8-20-12-14)17-22-16(15-7-1-2-11-24(15)17)19(26)23-9-3-4-10-23/h1-2,5-8,11-12H,3-4,9-10,13H2,(H,21,25). The quantitative estimate of drug-likeness (QED) is 0.780. The van der Waals surface area contributed by atoms with Gasteiger partial charge < -0.3 is 10.2 Å². The van der Waals surface area contributed by atoms with Crippen LogP contribution in [0.4, 0.5) is 0 Å². The Morgan fingerprint density at radius 1 is 1.12 bits per heavy atom. The first-order valence-corrected chi connectivity index (χ1v) is 8.67. The predicted molar refractivity (Wildman–Crippen MR) is 95.7 cm³/mol. The zero-order chi connectivity index (χ0) is 17.9. The molecule has 0 bridgehead atoms. The number of rotatable bonds is 4. The van der Waals surface area contributed by atoms with Crippen molar-refractivity contribution >= 4 is 17.3 Å². The van der Waals surface area contributed by atoms with Crippen LogP contribution in [0, 0.1) is 0 Å². The van der Waals surface area contributed by atoms with E-state index >= 15 is 0 Å². The molecule has 2 amide bonds. The predicted octanol–water partition coefficient (Wildman–Crippen LogP) is 1.90. The van der Waals surface area contributed by atoms with E-state index in [2.05, 4.69) is 15.3 Å². The van der Waals surface area contributed by atoms with E-state index < -0.39 is 0 Å². The summed E-state index contributed by atoms with van der Waals surface area (Å²) in [6, 6.07) is 9.18. The Hall–Kier alpha value is -3.22. The molecule has 132 valence electrons. The van der Waals surface area contributed by atoms with Gasteiger partial charge in [0, 0.05) is 38.2 Å². The molecular weight excluding hydrogens is 330 g/mol. The van der Waals surface area contributed by atoms with E-state index in [1.54, 1.807) is 27.9 Å². The molecule has 4 heterocycles. The lowest BCUT2D eigenvalue weighted by Gasteiger charge is -2.13. The lowest BCUT2D eigenvalue weighted by atomic mass is 10.3. The Morgan fingerprint density at radius 2 is 1.96 bits per heavy atom. The summed E-state index contributed by atoms with van der Waals surface area (Å²) in [5.74, 6) is -0.222. The third-order valence-electron chi connectivity index (χ3n) is 4.52. The van der Waals surface area contributed by atoms with Gasteiger partial charge in [-0.05, 0) is 36.6 Å². The van der Waals surface area contributed by atoms with Crippen molar-refractivity contribution in [2.45, 2.75) is 19.4 Å². The number of carbonyl (C=O) groups excluding carboxylic acids is 2. The van der Waals surface area contributed by atoms with Crippen LogP contribution in [0.1, 0.15) is 39.5 Å². The maximum atomic E-state index is 12.8. The van der Waals surface area contributed by atoms with Crippen molar-refractivity contribution in [3.8, 4) is 0 Å². The molecule has 0 aromatic carbocycles. The van der Waals surface area contributed by atoms with Crippen molar-refractivity contribution in [1.29, 1.82) is 0 Å². The van der Waals surface area contributed by atoms with Crippen molar-refractivity contribution in [3.05, 3.63) is 66.0 Å². The van der Waals surface area contributed by atoms with E-state index in [1.165, 1.54) is 0 Å². The Bertz CT molecular complexity index is 945. The second-order valence-electron chi connectivity index (χ2n) is 6.28. The molecule has 4 rings (SSSR count). The minimum absolute atomic E-state index is 0.113. The molecule has 1 saturated heterocycles. The number of fused-ring (bicyclic) bond motifs is 1. The molecule has 0 saturated carbocycles. The second kappa shape index (κ2) is 6.95. The molecule has 7 heteroatoms. The molecule has 0 unspecified atom stereocenters. The van der Waals surface area contributed by atoms with Crippen molar-refractivity contribution in [2.75, 3.05) is 13.1 Å². The summed E-state index contributed by atoms with van der Waals surface area (Å²) in [5.41, 5.74) is 1.88. The molecule has 1 aliphatic rings. The van der Waals surface area contributed by atoms with E-state index in [4.69, 9.17) is 0 Å². The van der Waals surface area contributed by atoms with Crippen molar-refractivity contribution in [3.63, 3.8) is 0 Å². The monoisotopic (exact) mass is 349 g/mol. The van der Waals surface area contributed by atoms with Crippen LogP contribution >= 0.6 is 0 Å². The van der Waals surface area contributed by atoms with Gasteiger partial charge in [0.2, 0.25) is 5.82 Å². The number of hydrogen-bond acceptors (Lipinski definition) is 4. The number of nitrogens with zero attached hydrogens (tertiary/aromatic N) is 4. The summed E-state index contributed by atoms with van der Waals surface area (Å²) in [6.45, 7) is 1.84. The summed E-state index contributed by atoms with van der Waals surface area (Å²) in [6.07, 6.45) is 7.16. The van der Waals surface area contributed by atoms with Crippen LogP contribution < -0.4 is 5.32 Å². The number of nitrogens with one attached hydrogen (secondary N) is 1. The number of likely N-dealkylation sites (tertiary alicyclic amines) is 1. The number of carbonyl (C=O) groups is 2. The summed E-state index contributed by atoms with van der Waals surface area (Å²) >= 11 is 0. The molecule has 0 spiro atoms. The normalized spacial score (nSPS) is 13.9. The molecule has 26 heavy (non-hydrogen) atoms. The van der Waals surface area contributed by atoms with Gasteiger partial charge in [-0.25, -0.2) is 4.98 Å². The lowest BCUT2D eigenvalue weighted by Crippen LogP contribution is -2.28. The highest BCUT2D eigenvalue weighted by Crippen LogP contribution is 2.18. The fourth-order valence-electron chi connectivity index (χ4n) is 3.19. The van der Waals surface area contributed by atoms with Crippen LogP contribution in [-0.4, -0.2) is 44.2 Å².